The summed E-state index contributed by atoms with van der Waals surface area (Å²) >= 11 is 0. The standard InChI is InChI=1S/C17H24N2O5/c1-5-6-12-7-8-13(15(9-12)19(22)23)10-14(11-20)18-16(21)24-17(2,3)4/h5-9,14,20H,10-11H2,1-4H3,(H,18,21)/b6-5+. The first-order valence-corrected chi connectivity index (χ1v) is 7.66. The molecule has 0 radical (unpaired) electrons. The number of nitrogens with one attached hydrogen (secondary N) is 1. The molecule has 7 nitrogen and oxygen atoms in total. The van der Waals surface area contributed by atoms with Crippen molar-refractivity contribution >= 4 is 17.9 Å². The van der Waals surface area contributed by atoms with Gasteiger partial charge in [0.05, 0.1) is 17.6 Å². The predicted octanol–water partition coefficient (Wildman–Crippen LogP) is 3.06. The Morgan fingerprint density at radius 3 is 2.62 bits per heavy atom. The smallest absolute Gasteiger partial charge is 0.407 e. The van der Waals surface area contributed by atoms with Crippen molar-refractivity contribution in [3.63, 3.8) is 0 Å². The zero-order valence-electron chi connectivity index (χ0n) is 14.4. The molecule has 1 aromatic rings. The number of allylic oxidation sites excluding steroid dienone is 1. The van der Waals surface area contributed by atoms with Crippen LogP contribution in [0.4, 0.5) is 10.5 Å². The minimum absolute atomic E-state index is 0.0463. The molecule has 0 aromatic heterocycles. The second-order valence-electron chi connectivity index (χ2n) is 6.38. The summed E-state index contributed by atoms with van der Waals surface area (Å²) in [5, 5.41) is 23.2. The molecule has 0 saturated heterocycles. The van der Waals surface area contributed by atoms with Gasteiger partial charge in [0.25, 0.3) is 5.69 Å². The van der Waals surface area contributed by atoms with Gasteiger partial charge in [0, 0.05) is 18.1 Å². The number of carbonyl (C=O) groups is 1. The van der Waals surface area contributed by atoms with Crippen LogP contribution in [-0.4, -0.2) is 34.4 Å². The van der Waals surface area contributed by atoms with Crippen molar-refractivity contribution in [3.05, 3.63) is 45.5 Å². The van der Waals surface area contributed by atoms with Gasteiger partial charge in [0.2, 0.25) is 0 Å². The Kier molecular flexibility index (Phi) is 6.91. The lowest BCUT2D eigenvalue weighted by atomic mass is 10.0. The molecule has 0 aliphatic heterocycles. The van der Waals surface area contributed by atoms with E-state index in [4.69, 9.17) is 4.74 Å². The van der Waals surface area contributed by atoms with Crippen molar-refractivity contribution in [2.45, 2.75) is 45.8 Å². The fraction of sp³-hybridized carbons (Fsp3) is 0.471. The van der Waals surface area contributed by atoms with E-state index in [-0.39, 0.29) is 18.7 Å². The third-order valence-electron chi connectivity index (χ3n) is 3.07. The van der Waals surface area contributed by atoms with Crippen LogP contribution < -0.4 is 5.32 Å². The van der Waals surface area contributed by atoms with E-state index in [2.05, 4.69) is 5.32 Å². The normalized spacial score (nSPS) is 12.9. The number of rotatable bonds is 6. The van der Waals surface area contributed by atoms with Crippen LogP contribution in [0.2, 0.25) is 0 Å². The van der Waals surface area contributed by atoms with E-state index in [0.717, 1.165) is 0 Å². The molecule has 0 spiro atoms. The maximum Gasteiger partial charge on any atom is 0.407 e. The van der Waals surface area contributed by atoms with Crippen LogP contribution in [0, 0.1) is 10.1 Å². The minimum Gasteiger partial charge on any atom is -0.444 e. The summed E-state index contributed by atoms with van der Waals surface area (Å²) in [7, 11) is 0. The number of aliphatic hydroxyl groups excluding tert-OH is 1. The van der Waals surface area contributed by atoms with Crippen LogP contribution in [0.3, 0.4) is 0 Å². The highest BCUT2D eigenvalue weighted by atomic mass is 16.6. The van der Waals surface area contributed by atoms with Gasteiger partial charge in [0.15, 0.2) is 0 Å². The molecule has 24 heavy (non-hydrogen) atoms. The molecule has 7 heteroatoms. The van der Waals surface area contributed by atoms with Gasteiger partial charge in [-0.3, -0.25) is 10.1 Å². The Morgan fingerprint density at radius 1 is 1.46 bits per heavy atom. The van der Waals surface area contributed by atoms with E-state index in [1.165, 1.54) is 6.07 Å². The number of nitro groups is 1. The van der Waals surface area contributed by atoms with Crippen molar-refractivity contribution in [2.24, 2.45) is 0 Å². The summed E-state index contributed by atoms with van der Waals surface area (Å²) < 4.78 is 5.13. The van der Waals surface area contributed by atoms with Crippen LogP contribution in [0.25, 0.3) is 6.08 Å². The summed E-state index contributed by atoms with van der Waals surface area (Å²) in [6.45, 7) is 6.65. The molecule has 1 rings (SSSR count). The fourth-order valence-electron chi connectivity index (χ4n) is 2.12. The van der Waals surface area contributed by atoms with Gasteiger partial charge in [-0.2, -0.15) is 0 Å². The second-order valence-corrected chi connectivity index (χ2v) is 6.38. The summed E-state index contributed by atoms with van der Waals surface area (Å²) in [5.41, 5.74) is 0.441. The van der Waals surface area contributed by atoms with E-state index in [1.807, 2.05) is 6.92 Å². The molecule has 1 amide bonds. The van der Waals surface area contributed by atoms with Crippen molar-refractivity contribution in [1.29, 1.82) is 0 Å². The monoisotopic (exact) mass is 336 g/mol. The Balaban J connectivity index is 2.92. The maximum absolute atomic E-state index is 11.8. The van der Waals surface area contributed by atoms with Gasteiger partial charge in [0.1, 0.15) is 5.60 Å². The molecule has 1 unspecified atom stereocenters. The van der Waals surface area contributed by atoms with Gasteiger partial charge < -0.3 is 15.2 Å². The highest BCUT2D eigenvalue weighted by Gasteiger charge is 2.22. The average molecular weight is 336 g/mol. The molecule has 0 aliphatic carbocycles. The summed E-state index contributed by atoms with van der Waals surface area (Å²) in [4.78, 5) is 22.6. The highest BCUT2D eigenvalue weighted by Crippen LogP contribution is 2.23. The van der Waals surface area contributed by atoms with Crippen LogP contribution in [0.15, 0.2) is 24.3 Å². The van der Waals surface area contributed by atoms with Crippen LogP contribution >= 0.6 is 0 Å². The third-order valence-corrected chi connectivity index (χ3v) is 3.07. The quantitative estimate of drug-likeness (QED) is 0.614. The first-order valence-electron chi connectivity index (χ1n) is 7.66. The predicted molar refractivity (Wildman–Crippen MR) is 91.8 cm³/mol. The van der Waals surface area contributed by atoms with Gasteiger partial charge in [-0.1, -0.05) is 24.3 Å². The number of ether oxygens (including phenoxy) is 1. The van der Waals surface area contributed by atoms with E-state index in [1.54, 1.807) is 45.1 Å². The molecule has 132 valence electrons. The molecule has 0 heterocycles. The lowest BCUT2D eigenvalue weighted by Gasteiger charge is -2.22. The Labute approximate surface area is 141 Å². The zero-order valence-corrected chi connectivity index (χ0v) is 14.4. The number of benzene rings is 1. The van der Waals surface area contributed by atoms with Crippen molar-refractivity contribution < 1.29 is 19.6 Å². The lowest BCUT2D eigenvalue weighted by Crippen LogP contribution is -2.42. The van der Waals surface area contributed by atoms with Crippen LogP contribution in [0.1, 0.15) is 38.8 Å². The van der Waals surface area contributed by atoms with Crippen molar-refractivity contribution in [1.82, 2.24) is 5.32 Å². The topological polar surface area (TPSA) is 102 Å². The molecular formula is C17H24N2O5. The number of aliphatic hydroxyl groups is 1. The molecular weight excluding hydrogens is 312 g/mol. The molecule has 0 aliphatic rings. The summed E-state index contributed by atoms with van der Waals surface area (Å²) in [6, 6.07) is 4.18. The zero-order chi connectivity index (χ0) is 18.3. The summed E-state index contributed by atoms with van der Waals surface area (Å²) in [6.07, 6.45) is 3.01. The lowest BCUT2D eigenvalue weighted by molar-refractivity contribution is -0.385. The number of amides is 1. The molecule has 1 aromatic carbocycles. The van der Waals surface area contributed by atoms with Gasteiger partial charge in [-0.05, 0) is 33.3 Å². The number of nitro benzene ring substituents is 1. The first-order chi connectivity index (χ1) is 11.2. The van der Waals surface area contributed by atoms with Crippen molar-refractivity contribution in [2.75, 3.05) is 6.61 Å². The van der Waals surface area contributed by atoms with Gasteiger partial charge in [-0.15, -0.1) is 0 Å². The Bertz CT molecular complexity index is 620. The van der Waals surface area contributed by atoms with Crippen LogP contribution in [-0.2, 0) is 11.2 Å². The Morgan fingerprint density at radius 2 is 2.12 bits per heavy atom. The molecule has 0 fully saturated rings. The number of nitrogens with zero attached hydrogens (tertiary/aromatic N) is 1. The number of alkyl carbamates (subject to hydrolysis) is 1. The number of hydrogen-bond acceptors (Lipinski definition) is 5. The maximum atomic E-state index is 11.8. The summed E-state index contributed by atoms with van der Waals surface area (Å²) in [5.74, 6) is 0. The molecule has 0 bridgehead atoms. The average Bonchev–Trinajstić information content (AvgIpc) is 2.46. The second kappa shape index (κ2) is 8.44. The van der Waals surface area contributed by atoms with E-state index in [9.17, 15) is 20.0 Å². The number of carbonyl (C=O) groups excluding carboxylic acids is 1. The highest BCUT2D eigenvalue weighted by molar-refractivity contribution is 5.68. The fourth-order valence-corrected chi connectivity index (χ4v) is 2.12. The third kappa shape index (κ3) is 6.37. The molecule has 1 atom stereocenters. The SMILES string of the molecule is C/C=C/c1ccc(CC(CO)NC(=O)OC(C)(C)C)c([N+](=O)[O-])c1. The van der Waals surface area contributed by atoms with Gasteiger partial charge >= 0.3 is 6.09 Å². The Hall–Kier alpha value is -2.41. The van der Waals surface area contributed by atoms with E-state index < -0.39 is 22.7 Å². The largest absolute Gasteiger partial charge is 0.444 e. The number of hydrogen-bond donors (Lipinski definition) is 2. The van der Waals surface area contributed by atoms with Crippen molar-refractivity contribution in [3.8, 4) is 0 Å². The van der Waals surface area contributed by atoms with Crippen LogP contribution in [0.5, 0.6) is 0 Å². The van der Waals surface area contributed by atoms with E-state index >= 15 is 0 Å². The first kappa shape index (κ1) is 19.6. The molecule has 2 N–H and O–H groups in total. The minimum atomic E-state index is -0.675. The molecule has 0 saturated carbocycles. The van der Waals surface area contributed by atoms with E-state index in [0.29, 0.717) is 11.1 Å². The van der Waals surface area contributed by atoms with Gasteiger partial charge in [-0.25, -0.2) is 4.79 Å².